The Balaban J connectivity index is 2.21. The summed E-state index contributed by atoms with van der Waals surface area (Å²) >= 11 is 13.5. The van der Waals surface area contributed by atoms with Gasteiger partial charge in [-0.1, -0.05) is 29.3 Å². The molecule has 118 valence electrons. The zero-order chi connectivity index (χ0) is 16.7. The fourth-order valence-corrected chi connectivity index (χ4v) is 3.71. The van der Waals surface area contributed by atoms with Crippen LogP contribution < -0.4 is 11.2 Å². The fourth-order valence-electron chi connectivity index (χ4n) is 2.18. The number of hydrogen-bond acceptors (Lipinski definition) is 4. The number of hydrogen-bond donors (Lipinski definition) is 1. The van der Waals surface area contributed by atoms with E-state index in [1.807, 2.05) is 13.8 Å². The second-order valence-corrected chi connectivity index (χ2v) is 6.95. The van der Waals surface area contributed by atoms with Gasteiger partial charge in [0.25, 0.3) is 5.56 Å². The molecule has 0 atom stereocenters. The number of aryl methyl sites for hydroxylation is 2. The van der Waals surface area contributed by atoms with Gasteiger partial charge in [0.05, 0.1) is 21.6 Å². The number of rotatable bonds is 2. The Labute approximate surface area is 144 Å². The minimum absolute atomic E-state index is 0.384. The van der Waals surface area contributed by atoms with Gasteiger partial charge in [0.2, 0.25) is 0 Å². The highest BCUT2D eigenvalue weighted by Crippen LogP contribution is 2.25. The van der Waals surface area contributed by atoms with Crippen LogP contribution in [-0.2, 0) is 0 Å². The zero-order valence-electron chi connectivity index (χ0n) is 12.2. The molecule has 0 bridgehead atoms. The van der Waals surface area contributed by atoms with E-state index in [4.69, 9.17) is 23.2 Å². The summed E-state index contributed by atoms with van der Waals surface area (Å²) in [6.07, 6.45) is 1.31. The van der Waals surface area contributed by atoms with Crippen molar-refractivity contribution >= 4 is 51.0 Å². The second-order valence-electron chi connectivity index (χ2n) is 4.91. The van der Waals surface area contributed by atoms with Crippen molar-refractivity contribution in [2.75, 3.05) is 0 Å². The molecule has 0 saturated heterocycles. The molecule has 2 aromatic heterocycles. The van der Waals surface area contributed by atoms with Crippen molar-refractivity contribution in [2.24, 2.45) is 5.10 Å². The maximum absolute atomic E-state index is 12.5. The van der Waals surface area contributed by atoms with Gasteiger partial charge in [-0.15, -0.1) is 16.0 Å². The third-order valence-electron chi connectivity index (χ3n) is 3.51. The van der Waals surface area contributed by atoms with E-state index in [1.54, 1.807) is 18.2 Å². The Bertz CT molecular complexity index is 1040. The predicted octanol–water partition coefficient (Wildman–Crippen LogP) is 3.56. The molecule has 0 aliphatic heterocycles. The number of aromatic amines is 1. The maximum atomic E-state index is 12.5. The van der Waals surface area contributed by atoms with Gasteiger partial charge in [0.1, 0.15) is 4.83 Å². The average molecular weight is 368 g/mol. The van der Waals surface area contributed by atoms with Gasteiger partial charge in [0, 0.05) is 10.4 Å². The molecule has 0 aliphatic carbocycles. The first kappa shape index (κ1) is 16.0. The van der Waals surface area contributed by atoms with Gasteiger partial charge >= 0.3 is 5.69 Å². The second kappa shape index (κ2) is 5.96. The van der Waals surface area contributed by atoms with Crippen LogP contribution in [-0.4, -0.2) is 15.9 Å². The van der Waals surface area contributed by atoms with Crippen LogP contribution in [0.4, 0.5) is 0 Å². The van der Waals surface area contributed by atoms with E-state index in [0.717, 1.165) is 15.1 Å². The predicted molar refractivity (Wildman–Crippen MR) is 95.6 cm³/mol. The van der Waals surface area contributed by atoms with Crippen molar-refractivity contribution < 1.29 is 0 Å². The van der Waals surface area contributed by atoms with E-state index in [-0.39, 0.29) is 0 Å². The summed E-state index contributed by atoms with van der Waals surface area (Å²) in [7, 11) is 0. The molecule has 0 radical (unpaired) electrons. The molecule has 0 amide bonds. The largest absolute Gasteiger partial charge is 0.350 e. The van der Waals surface area contributed by atoms with Crippen LogP contribution in [0.1, 0.15) is 16.0 Å². The lowest BCUT2D eigenvalue weighted by atomic mass is 10.2. The Hall–Kier alpha value is -1.89. The summed E-state index contributed by atoms with van der Waals surface area (Å²) in [4.78, 5) is 28.8. The number of halogens is 2. The van der Waals surface area contributed by atoms with Crippen LogP contribution in [0.5, 0.6) is 0 Å². The molecule has 1 aromatic carbocycles. The van der Waals surface area contributed by atoms with Gasteiger partial charge in [-0.25, -0.2) is 4.79 Å². The Morgan fingerprint density at radius 1 is 1.22 bits per heavy atom. The minimum atomic E-state index is -0.608. The lowest BCUT2D eigenvalue weighted by Gasteiger charge is -2.01. The lowest BCUT2D eigenvalue weighted by Crippen LogP contribution is -2.32. The fraction of sp³-hybridized carbons (Fsp3) is 0.133. The topological polar surface area (TPSA) is 67.2 Å². The van der Waals surface area contributed by atoms with Crippen molar-refractivity contribution in [1.82, 2.24) is 9.66 Å². The van der Waals surface area contributed by atoms with Gasteiger partial charge in [-0.3, -0.25) is 9.78 Å². The summed E-state index contributed by atoms with van der Waals surface area (Å²) in [6.45, 7) is 3.74. The molecule has 8 heteroatoms. The van der Waals surface area contributed by atoms with Crippen LogP contribution in [0.25, 0.3) is 10.2 Å². The number of benzene rings is 1. The lowest BCUT2D eigenvalue weighted by molar-refractivity contribution is 0.772. The molecule has 0 spiro atoms. The molecule has 0 aliphatic rings. The molecule has 0 saturated carbocycles. The summed E-state index contributed by atoms with van der Waals surface area (Å²) in [5, 5.41) is 5.20. The first-order chi connectivity index (χ1) is 10.9. The smallest absolute Gasteiger partial charge is 0.297 e. The molecule has 3 rings (SSSR count). The number of nitrogens with zero attached hydrogens (tertiary/aromatic N) is 2. The van der Waals surface area contributed by atoms with Crippen LogP contribution >= 0.6 is 34.5 Å². The molecule has 2 heterocycles. The van der Waals surface area contributed by atoms with Gasteiger partial charge in [-0.2, -0.15) is 5.10 Å². The standard InChI is InChI=1S/C15H11Cl2N3O2S/c1-7-8(2)23-13-12(7)14(21)20(15(22)19-13)18-6-9-10(16)4-3-5-11(9)17/h3-6H,1-2H3,(H,19,22)/b18-6+. The number of H-pyrrole nitrogens is 1. The summed E-state index contributed by atoms with van der Waals surface area (Å²) < 4.78 is 0.779. The van der Waals surface area contributed by atoms with Crippen LogP contribution in [0.3, 0.4) is 0 Å². The third kappa shape index (κ3) is 2.73. The van der Waals surface area contributed by atoms with Crippen molar-refractivity contribution in [3.05, 3.63) is 65.1 Å². The highest BCUT2D eigenvalue weighted by atomic mass is 35.5. The summed E-state index contributed by atoms with van der Waals surface area (Å²) in [5.41, 5.74) is 0.208. The number of nitrogens with one attached hydrogen (secondary N) is 1. The minimum Gasteiger partial charge on any atom is -0.297 e. The van der Waals surface area contributed by atoms with Crippen LogP contribution in [0.15, 0.2) is 32.9 Å². The van der Waals surface area contributed by atoms with E-state index in [9.17, 15) is 9.59 Å². The van der Waals surface area contributed by atoms with Crippen LogP contribution in [0, 0.1) is 13.8 Å². The monoisotopic (exact) mass is 367 g/mol. The maximum Gasteiger partial charge on any atom is 0.350 e. The van der Waals surface area contributed by atoms with Gasteiger partial charge < -0.3 is 0 Å². The van der Waals surface area contributed by atoms with Crippen molar-refractivity contribution in [2.45, 2.75) is 13.8 Å². The summed E-state index contributed by atoms with van der Waals surface area (Å²) in [6, 6.07) is 5.00. The van der Waals surface area contributed by atoms with Crippen molar-refractivity contribution in [3.63, 3.8) is 0 Å². The van der Waals surface area contributed by atoms with Crippen LogP contribution in [0.2, 0.25) is 10.0 Å². The van der Waals surface area contributed by atoms with E-state index in [2.05, 4.69) is 10.1 Å². The molecule has 23 heavy (non-hydrogen) atoms. The quantitative estimate of drug-likeness (QED) is 0.703. The highest BCUT2D eigenvalue weighted by molar-refractivity contribution is 7.18. The molecule has 3 aromatic rings. The number of fused-ring (bicyclic) bond motifs is 1. The zero-order valence-corrected chi connectivity index (χ0v) is 14.5. The SMILES string of the molecule is Cc1sc2[nH]c(=O)n(/N=C/c3c(Cl)cccc3Cl)c(=O)c2c1C. The van der Waals surface area contributed by atoms with E-state index >= 15 is 0 Å². The van der Waals surface area contributed by atoms with Crippen molar-refractivity contribution in [1.29, 1.82) is 0 Å². The van der Waals surface area contributed by atoms with Gasteiger partial charge in [-0.05, 0) is 31.5 Å². The first-order valence-electron chi connectivity index (χ1n) is 6.63. The third-order valence-corrected chi connectivity index (χ3v) is 5.29. The molecule has 1 N–H and O–H groups in total. The van der Waals surface area contributed by atoms with Crippen molar-refractivity contribution in [3.8, 4) is 0 Å². The first-order valence-corrected chi connectivity index (χ1v) is 8.20. The van der Waals surface area contributed by atoms with E-state index in [0.29, 0.717) is 25.8 Å². The number of thiophene rings is 1. The molecule has 0 fully saturated rings. The molecule has 5 nitrogen and oxygen atoms in total. The molecular formula is C15H11Cl2N3O2S. The Morgan fingerprint density at radius 2 is 1.87 bits per heavy atom. The number of aromatic nitrogens is 2. The average Bonchev–Trinajstić information content (AvgIpc) is 2.76. The normalized spacial score (nSPS) is 11.7. The molecular weight excluding hydrogens is 357 g/mol. The van der Waals surface area contributed by atoms with E-state index < -0.39 is 11.2 Å². The molecule has 0 unspecified atom stereocenters. The Morgan fingerprint density at radius 3 is 2.52 bits per heavy atom. The van der Waals surface area contributed by atoms with Gasteiger partial charge in [0.15, 0.2) is 0 Å². The Kier molecular flexibility index (Phi) is 4.14. The summed E-state index contributed by atoms with van der Waals surface area (Å²) in [5.74, 6) is 0. The highest BCUT2D eigenvalue weighted by Gasteiger charge is 2.13. The van der Waals surface area contributed by atoms with E-state index in [1.165, 1.54) is 17.6 Å².